The summed E-state index contributed by atoms with van der Waals surface area (Å²) in [4.78, 5) is 23.2. The van der Waals surface area contributed by atoms with Crippen molar-refractivity contribution < 1.29 is 19.1 Å². The molecular formula is C15H18O4. The molecule has 19 heavy (non-hydrogen) atoms. The summed E-state index contributed by atoms with van der Waals surface area (Å²) >= 11 is 0. The van der Waals surface area contributed by atoms with Gasteiger partial charge in [0.05, 0.1) is 6.42 Å². The van der Waals surface area contributed by atoms with Gasteiger partial charge in [0.2, 0.25) is 0 Å². The summed E-state index contributed by atoms with van der Waals surface area (Å²) < 4.78 is 9.96. The van der Waals surface area contributed by atoms with Crippen LogP contribution in [0.5, 0.6) is 0 Å². The Labute approximate surface area is 114 Å². The maximum Gasteiger partial charge on any atom is 0.335 e. The van der Waals surface area contributed by atoms with Gasteiger partial charge in [-0.3, -0.25) is 4.79 Å². The van der Waals surface area contributed by atoms with Gasteiger partial charge in [0.15, 0.2) is 11.2 Å². The minimum absolute atomic E-state index is 0.0406. The highest BCUT2D eigenvalue weighted by atomic mass is 16.6. The molecule has 0 atom stereocenters. The highest BCUT2D eigenvalue weighted by Gasteiger charge is 2.25. The smallest absolute Gasteiger partial charge is 0.335 e. The van der Waals surface area contributed by atoms with E-state index in [1.807, 2.05) is 0 Å². The highest BCUT2D eigenvalue weighted by Crippen LogP contribution is 2.14. The second kappa shape index (κ2) is 6.11. The largest absolute Gasteiger partial charge is 0.446 e. The third-order valence-electron chi connectivity index (χ3n) is 2.06. The number of esters is 2. The van der Waals surface area contributed by atoms with Crippen LogP contribution in [0.25, 0.3) is 0 Å². The van der Waals surface area contributed by atoms with Crippen LogP contribution >= 0.6 is 0 Å². The molecule has 0 bridgehead atoms. The quantitative estimate of drug-likeness (QED) is 0.431. The number of hydrogen-bond donors (Lipinski definition) is 0. The third-order valence-corrected chi connectivity index (χ3v) is 2.06. The molecule has 4 nitrogen and oxygen atoms in total. The molecule has 0 aromatic carbocycles. The fourth-order valence-electron chi connectivity index (χ4n) is 0.930. The van der Waals surface area contributed by atoms with Gasteiger partial charge in [-0.2, -0.15) is 0 Å². The second-order valence-corrected chi connectivity index (χ2v) is 4.95. The van der Waals surface area contributed by atoms with Gasteiger partial charge in [0, 0.05) is 5.57 Å². The van der Waals surface area contributed by atoms with Crippen LogP contribution in [0.2, 0.25) is 0 Å². The van der Waals surface area contributed by atoms with Crippen molar-refractivity contribution in [2.75, 3.05) is 0 Å². The Bertz CT molecular complexity index is 469. The number of rotatable bonds is 5. The van der Waals surface area contributed by atoms with E-state index in [0.29, 0.717) is 0 Å². The molecule has 0 unspecified atom stereocenters. The molecule has 0 rings (SSSR count). The van der Waals surface area contributed by atoms with Crippen LogP contribution in [-0.2, 0) is 19.1 Å². The average Bonchev–Trinajstić information content (AvgIpc) is 2.27. The molecule has 0 aromatic heterocycles. The lowest BCUT2D eigenvalue weighted by Crippen LogP contribution is -2.29. The van der Waals surface area contributed by atoms with E-state index in [2.05, 4.69) is 18.4 Å². The van der Waals surface area contributed by atoms with Gasteiger partial charge < -0.3 is 9.47 Å². The minimum Gasteiger partial charge on any atom is -0.446 e. The monoisotopic (exact) mass is 262 g/mol. The van der Waals surface area contributed by atoms with E-state index in [-0.39, 0.29) is 12.0 Å². The van der Waals surface area contributed by atoms with E-state index >= 15 is 0 Å². The Balaban J connectivity index is 4.49. The van der Waals surface area contributed by atoms with Crippen LogP contribution in [0.3, 0.4) is 0 Å². The first kappa shape index (κ1) is 16.8. The highest BCUT2D eigenvalue weighted by molar-refractivity contribution is 5.93. The third kappa shape index (κ3) is 6.33. The molecule has 0 aliphatic heterocycles. The van der Waals surface area contributed by atoms with Gasteiger partial charge in [-0.15, -0.1) is 12.8 Å². The number of ether oxygens (including phenoxy) is 2. The van der Waals surface area contributed by atoms with Crippen molar-refractivity contribution in [2.45, 2.75) is 45.3 Å². The Morgan fingerprint density at radius 2 is 1.47 bits per heavy atom. The van der Waals surface area contributed by atoms with Crippen LogP contribution in [0.4, 0.5) is 0 Å². The summed E-state index contributed by atoms with van der Waals surface area (Å²) in [7, 11) is 0. The van der Waals surface area contributed by atoms with Crippen molar-refractivity contribution >= 4 is 11.9 Å². The Kier molecular flexibility index (Phi) is 5.40. The van der Waals surface area contributed by atoms with Gasteiger partial charge >= 0.3 is 11.9 Å². The fourth-order valence-corrected chi connectivity index (χ4v) is 0.930. The lowest BCUT2D eigenvalue weighted by molar-refractivity contribution is -0.154. The van der Waals surface area contributed by atoms with Crippen LogP contribution in [0, 0.1) is 24.7 Å². The van der Waals surface area contributed by atoms with Crippen molar-refractivity contribution in [2.24, 2.45) is 0 Å². The summed E-state index contributed by atoms with van der Waals surface area (Å²) in [5.41, 5.74) is -2.12. The lowest BCUT2D eigenvalue weighted by atomic mass is 10.1. The van der Waals surface area contributed by atoms with Crippen molar-refractivity contribution in [1.82, 2.24) is 0 Å². The summed E-state index contributed by atoms with van der Waals surface area (Å²) in [5, 5.41) is 0. The van der Waals surface area contributed by atoms with Crippen molar-refractivity contribution in [3.63, 3.8) is 0 Å². The van der Waals surface area contributed by atoms with Crippen LogP contribution in [0.1, 0.15) is 34.1 Å². The molecule has 102 valence electrons. The molecular weight excluding hydrogens is 244 g/mol. The molecule has 0 N–H and O–H groups in total. The van der Waals surface area contributed by atoms with Crippen molar-refractivity contribution in [1.29, 1.82) is 0 Å². The van der Waals surface area contributed by atoms with E-state index in [9.17, 15) is 9.59 Å². The summed E-state index contributed by atoms with van der Waals surface area (Å²) in [5.74, 6) is 3.22. The maximum atomic E-state index is 11.6. The fraction of sp³-hybridized carbons (Fsp3) is 0.467. The molecule has 0 saturated heterocycles. The number of carbonyl (C=O) groups excluding carboxylic acids is 2. The average molecular weight is 262 g/mol. The SMILES string of the molecule is C#CC(C)(C)OC(=O)CC(=C)C(=O)OC(C)(C)C#C. The first-order valence-corrected chi connectivity index (χ1v) is 5.61. The predicted molar refractivity (Wildman–Crippen MR) is 71.8 cm³/mol. The number of carbonyl (C=O) groups is 2. The van der Waals surface area contributed by atoms with Gasteiger partial charge in [0.1, 0.15) is 0 Å². The Morgan fingerprint density at radius 3 is 1.89 bits per heavy atom. The molecule has 0 spiro atoms. The minimum atomic E-state index is -1.05. The molecule has 0 aliphatic carbocycles. The first-order valence-electron chi connectivity index (χ1n) is 5.61. The zero-order chi connectivity index (χ0) is 15.3. The zero-order valence-corrected chi connectivity index (χ0v) is 11.7. The molecule has 4 heteroatoms. The van der Waals surface area contributed by atoms with Gasteiger partial charge in [-0.1, -0.05) is 18.4 Å². The summed E-state index contributed by atoms with van der Waals surface area (Å²) in [6, 6.07) is 0. The molecule has 0 aromatic rings. The molecule has 0 fully saturated rings. The normalized spacial score (nSPS) is 10.8. The van der Waals surface area contributed by atoms with E-state index in [0.717, 1.165) is 0 Å². The molecule has 0 saturated carbocycles. The lowest BCUT2D eigenvalue weighted by Gasteiger charge is -2.20. The first-order chi connectivity index (χ1) is 8.53. The van der Waals surface area contributed by atoms with Gasteiger partial charge in [-0.05, 0) is 27.7 Å². The summed E-state index contributed by atoms with van der Waals surface area (Å²) in [6.45, 7) is 9.71. The van der Waals surface area contributed by atoms with Gasteiger partial charge in [-0.25, -0.2) is 4.79 Å². The van der Waals surface area contributed by atoms with E-state index in [4.69, 9.17) is 22.3 Å². The van der Waals surface area contributed by atoms with Crippen molar-refractivity contribution in [3.8, 4) is 24.7 Å². The topological polar surface area (TPSA) is 52.6 Å². The predicted octanol–water partition coefficient (Wildman–Crippen LogP) is 1.84. The Morgan fingerprint density at radius 1 is 1.05 bits per heavy atom. The molecule has 0 heterocycles. The summed E-state index contributed by atoms with van der Waals surface area (Å²) in [6.07, 6.45) is 10.1. The standard InChI is InChI=1S/C15H18O4/c1-8-14(4,5)18-12(16)10-11(3)13(17)19-15(6,7)9-2/h1-2H,3,10H2,4-7H3. The van der Waals surface area contributed by atoms with Crippen LogP contribution < -0.4 is 0 Å². The zero-order valence-electron chi connectivity index (χ0n) is 11.7. The molecule has 0 amide bonds. The van der Waals surface area contributed by atoms with E-state index < -0.39 is 23.1 Å². The second-order valence-electron chi connectivity index (χ2n) is 4.95. The van der Waals surface area contributed by atoms with Crippen LogP contribution in [0.15, 0.2) is 12.2 Å². The molecule has 0 radical (unpaired) electrons. The number of terminal acetylenes is 2. The van der Waals surface area contributed by atoms with Crippen LogP contribution in [-0.4, -0.2) is 23.1 Å². The number of hydrogen-bond acceptors (Lipinski definition) is 4. The van der Waals surface area contributed by atoms with E-state index in [1.165, 1.54) is 0 Å². The van der Waals surface area contributed by atoms with Crippen molar-refractivity contribution in [3.05, 3.63) is 12.2 Å². The Hall–Kier alpha value is -2.20. The maximum absolute atomic E-state index is 11.6. The molecule has 0 aliphatic rings. The van der Waals surface area contributed by atoms with Gasteiger partial charge in [0.25, 0.3) is 0 Å². The van der Waals surface area contributed by atoms with E-state index in [1.54, 1.807) is 27.7 Å².